The van der Waals surface area contributed by atoms with E-state index < -0.39 is 10.0 Å². The maximum atomic E-state index is 12.0. The largest absolute Gasteiger partial charge is 0.336 e. The Balaban J connectivity index is 1.93. The second-order valence-electron chi connectivity index (χ2n) is 4.52. The number of sulfonamides is 1. The van der Waals surface area contributed by atoms with E-state index in [-0.39, 0.29) is 11.8 Å². The maximum Gasteiger partial charge on any atom is 0.216 e. The summed E-state index contributed by atoms with van der Waals surface area (Å²) in [5, 5.41) is 0. The number of benzene rings is 1. The fourth-order valence-electron chi connectivity index (χ4n) is 1.89. The molecule has 1 N–H and O–H groups in total. The van der Waals surface area contributed by atoms with Gasteiger partial charge in [-0.25, -0.2) is 18.1 Å². The van der Waals surface area contributed by atoms with E-state index in [9.17, 15) is 8.42 Å². The fraction of sp³-hybridized carbons (Fsp3) is 0.308. The first kappa shape index (κ1) is 13.8. The molecule has 0 bridgehead atoms. The molecule has 1 heterocycles. The van der Waals surface area contributed by atoms with Gasteiger partial charge in [0.15, 0.2) is 0 Å². The second kappa shape index (κ2) is 5.99. The van der Waals surface area contributed by atoms with Crippen molar-refractivity contribution in [3.63, 3.8) is 0 Å². The van der Waals surface area contributed by atoms with Crippen molar-refractivity contribution in [2.24, 2.45) is 0 Å². The summed E-state index contributed by atoms with van der Waals surface area (Å²) in [6.45, 7) is 2.40. The molecule has 102 valence electrons. The molecule has 0 amide bonds. The first-order chi connectivity index (χ1) is 9.05. The third kappa shape index (κ3) is 4.50. The number of nitrogens with zero attached hydrogens (tertiary/aromatic N) is 2. The molecule has 0 spiro atoms. The van der Waals surface area contributed by atoms with Crippen molar-refractivity contribution in [1.29, 1.82) is 0 Å². The molecular weight excluding hydrogens is 262 g/mol. The summed E-state index contributed by atoms with van der Waals surface area (Å²) in [6.07, 6.45) is 5.15. The van der Waals surface area contributed by atoms with Gasteiger partial charge < -0.3 is 4.57 Å². The van der Waals surface area contributed by atoms with Crippen molar-refractivity contribution in [2.45, 2.75) is 25.3 Å². The first-order valence-corrected chi connectivity index (χ1v) is 7.70. The van der Waals surface area contributed by atoms with E-state index in [0.29, 0.717) is 6.54 Å². The van der Waals surface area contributed by atoms with Crippen LogP contribution in [0.3, 0.4) is 0 Å². The van der Waals surface area contributed by atoms with Crippen LogP contribution in [0.4, 0.5) is 0 Å². The predicted molar refractivity (Wildman–Crippen MR) is 73.9 cm³/mol. The normalized spacial score (nSPS) is 13.3. The molecule has 0 fully saturated rings. The summed E-state index contributed by atoms with van der Waals surface area (Å²) >= 11 is 0. The Morgan fingerprint density at radius 1 is 1.32 bits per heavy atom. The number of hydrogen-bond acceptors (Lipinski definition) is 3. The molecule has 19 heavy (non-hydrogen) atoms. The van der Waals surface area contributed by atoms with Gasteiger partial charge >= 0.3 is 0 Å². The van der Waals surface area contributed by atoms with Crippen LogP contribution >= 0.6 is 0 Å². The zero-order valence-corrected chi connectivity index (χ0v) is 11.5. The lowest BCUT2D eigenvalue weighted by Gasteiger charge is -2.14. The van der Waals surface area contributed by atoms with Crippen LogP contribution in [0.15, 0.2) is 49.1 Å². The van der Waals surface area contributed by atoms with Crippen LogP contribution in [0, 0.1) is 0 Å². The Morgan fingerprint density at radius 2 is 2.05 bits per heavy atom. The van der Waals surface area contributed by atoms with E-state index in [4.69, 9.17) is 0 Å². The van der Waals surface area contributed by atoms with Crippen LogP contribution in [-0.2, 0) is 22.3 Å². The molecule has 2 rings (SSSR count). The number of aromatic nitrogens is 2. The van der Waals surface area contributed by atoms with Gasteiger partial charge in [0, 0.05) is 25.0 Å². The molecular formula is C13H17N3O2S. The lowest BCUT2D eigenvalue weighted by Crippen LogP contribution is -2.36. The molecule has 6 heteroatoms. The predicted octanol–water partition coefficient (Wildman–Crippen LogP) is 1.39. The van der Waals surface area contributed by atoms with Crippen LogP contribution in [-0.4, -0.2) is 24.0 Å². The topological polar surface area (TPSA) is 64.0 Å². The summed E-state index contributed by atoms with van der Waals surface area (Å²) in [7, 11) is -3.32. The van der Waals surface area contributed by atoms with Gasteiger partial charge in [0.1, 0.15) is 0 Å². The van der Waals surface area contributed by atoms with Crippen LogP contribution in [0.25, 0.3) is 0 Å². The van der Waals surface area contributed by atoms with Gasteiger partial charge in [-0.3, -0.25) is 0 Å². The van der Waals surface area contributed by atoms with Crippen molar-refractivity contribution in [2.75, 3.05) is 0 Å². The maximum absolute atomic E-state index is 12.0. The van der Waals surface area contributed by atoms with Crippen molar-refractivity contribution in [1.82, 2.24) is 14.3 Å². The Labute approximate surface area is 113 Å². The molecule has 0 radical (unpaired) electrons. The number of hydrogen-bond donors (Lipinski definition) is 1. The summed E-state index contributed by atoms with van der Waals surface area (Å²) in [5.41, 5.74) is 0.782. The van der Waals surface area contributed by atoms with Crippen LogP contribution in [0.5, 0.6) is 0 Å². The van der Waals surface area contributed by atoms with Gasteiger partial charge in [-0.2, -0.15) is 0 Å². The number of imidazole rings is 1. The Bertz CT molecular complexity index is 594. The average molecular weight is 279 g/mol. The van der Waals surface area contributed by atoms with E-state index in [1.807, 2.05) is 35.9 Å². The first-order valence-electron chi connectivity index (χ1n) is 6.05. The van der Waals surface area contributed by atoms with Crippen LogP contribution < -0.4 is 4.72 Å². The minimum Gasteiger partial charge on any atom is -0.336 e. The summed E-state index contributed by atoms with van der Waals surface area (Å²) in [4.78, 5) is 3.93. The summed E-state index contributed by atoms with van der Waals surface area (Å²) in [5.74, 6) is 0.00209. The SMILES string of the molecule is C[C@H](Cn1ccnc1)NS(=O)(=O)Cc1ccccc1. The van der Waals surface area contributed by atoms with Gasteiger partial charge in [0.25, 0.3) is 0 Å². The zero-order chi connectivity index (χ0) is 13.7. The molecule has 0 unspecified atom stereocenters. The van der Waals surface area contributed by atoms with Crippen molar-refractivity contribution in [3.05, 3.63) is 54.6 Å². The van der Waals surface area contributed by atoms with E-state index in [1.54, 1.807) is 24.7 Å². The zero-order valence-electron chi connectivity index (χ0n) is 10.7. The summed E-state index contributed by atoms with van der Waals surface area (Å²) in [6, 6.07) is 8.97. The molecule has 1 atom stereocenters. The molecule has 1 aromatic carbocycles. The Kier molecular flexibility index (Phi) is 4.34. The van der Waals surface area contributed by atoms with Crippen molar-refractivity contribution >= 4 is 10.0 Å². The van der Waals surface area contributed by atoms with Crippen LogP contribution in [0.2, 0.25) is 0 Å². The van der Waals surface area contributed by atoms with Crippen molar-refractivity contribution in [3.8, 4) is 0 Å². The lowest BCUT2D eigenvalue weighted by molar-refractivity contribution is 0.520. The molecule has 0 aliphatic carbocycles. The minimum absolute atomic E-state index is 0.00209. The lowest BCUT2D eigenvalue weighted by atomic mass is 10.2. The molecule has 0 saturated heterocycles. The average Bonchev–Trinajstić information content (AvgIpc) is 2.81. The standard InChI is InChI=1S/C13H17N3O2S/c1-12(9-16-8-7-14-11-16)15-19(17,18)10-13-5-3-2-4-6-13/h2-8,11-12,15H,9-10H2,1H3/t12-/m1/s1. The second-order valence-corrected chi connectivity index (χ2v) is 6.28. The van der Waals surface area contributed by atoms with Gasteiger partial charge in [-0.1, -0.05) is 30.3 Å². The van der Waals surface area contributed by atoms with E-state index in [1.165, 1.54) is 0 Å². The Hall–Kier alpha value is -1.66. The molecule has 0 saturated carbocycles. The third-order valence-electron chi connectivity index (χ3n) is 2.62. The van der Waals surface area contributed by atoms with Gasteiger partial charge in [0.2, 0.25) is 10.0 Å². The van der Waals surface area contributed by atoms with Gasteiger partial charge in [-0.05, 0) is 12.5 Å². The molecule has 5 nitrogen and oxygen atoms in total. The molecule has 2 aromatic rings. The molecule has 0 aliphatic rings. The monoisotopic (exact) mass is 279 g/mol. The smallest absolute Gasteiger partial charge is 0.216 e. The molecule has 1 aromatic heterocycles. The van der Waals surface area contributed by atoms with Crippen LogP contribution in [0.1, 0.15) is 12.5 Å². The number of rotatable bonds is 6. The highest BCUT2D eigenvalue weighted by molar-refractivity contribution is 7.88. The highest BCUT2D eigenvalue weighted by Crippen LogP contribution is 2.05. The highest BCUT2D eigenvalue weighted by Gasteiger charge is 2.15. The van der Waals surface area contributed by atoms with E-state index in [2.05, 4.69) is 9.71 Å². The van der Waals surface area contributed by atoms with Gasteiger partial charge in [0.05, 0.1) is 12.1 Å². The van der Waals surface area contributed by atoms with E-state index >= 15 is 0 Å². The highest BCUT2D eigenvalue weighted by atomic mass is 32.2. The Morgan fingerprint density at radius 3 is 2.68 bits per heavy atom. The van der Waals surface area contributed by atoms with Gasteiger partial charge in [-0.15, -0.1) is 0 Å². The quantitative estimate of drug-likeness (QED) is 0.869. The van der Waals surface area contributed by atoms with Crippen molar-refractivity contribution < 1.29 is 8.42 Å². The minimum atomic E-state index is -3.32. The molecule has 0 aliphatic heterocycles. The fourth-order valence-corrected chi connectivity index (χ4v) is 3.29. The number of nitrogens with one attached hydrogen (secondary N) is 1. The summed E-state index contributed by atoms with van der Waals surface area (Å²) < 4.78 is 28.5. The third-order valence-corrected chi connectivity index (χ3v) is 4.10. The van der Waals surface area contributed by atoms with E-state index in [0.717, 1.165) is 5.56 Å².